The monoisotopic (exact) mass is 421 g/mol. The van der Waals surface area contributed by atoms with Crippen LogP contribution in [-0.2, 0) is 30.4 Å². The zero-order chi connectivity index (χ0) is 19.0. The molecule has 144 valence electrons. The number of thiophene rings is 1. The first-order valence-corrected chi connectivity index (χ1v) is 11.4. The van der Waals surface area contributed by atoms with Crippen molar-refractivity contribution in [2.75, 3.05) is 17.7 Å². The van der Waals surface area contributed by atoms with Crippen molar-refractivity contribution in [3.05, 3.63) is 26.6 Å². The maximum absolute atomic E-state index is 12.3. The molecule has 8 heteroatoms. The highest BCUT2D eigenvalue weighted by molar-refractivity contribution is 7.80. The second kappa shape index (κ2) is 7.85. The molecule has 4 rings (SSSR count). The number of esters is 1. The molecule has 0 aromatic carbocycles. The Morgan fingerprint density at radius 2 is 2.00 bits per heavy atom. The van der Waals surface area contributed by atoms with Crippen LogP contribution in [0.25, 0.3) is 0 Å². The molecular formula is C19H23N3O2S3. The van der Waals surface area contributed by atoms with Gasteiger partial charge >= 0.3 is 5.97 Å². The smallest absolute Gasteiger partial charge is 0.341 e. The second-order valence-corrected chi connectivity index (χ2v) is 9.82. The van der Waals surface area contributed by atoms with Crippen molar-refractivity contribution in [2.24, 2.45) is 5.92 Å². The maximum atomic E-state index is 12.3. The topological polar surface area (TPSA) is 63.2 Å². The number of hydrogen-bond acceptors (Lipinski definition) is 6. The minimum absolute atomic E-state index is 0.293. The van der Waals surface area contributed by atoms with E-state index in [0.717, 1.165) is 53.7 Å². The summed E-state index contributed by atoms with van der Waals surface area (Å²) in [6.07, 6.45) is 7.55. The third-order valence-corrected chi connectivity index (χ3v) is 7.64. The first-order valence-electron chi connectivity index (χ1n) is 9.34. The van der Waals surface area contributed by atoms with Crippen LogP contribution in [0.2, 0.25) is 0 Å². The molecule has 0 aliphatic heterocycles. The van der Waals surface area contributed by atoms with Crippen molar-refractivity contribution in [2.45, 2.75) is 51.9 Å². The Morgan fingerprint density at radius 1 is 1.19 bits per heavy atom. The molecular weight excluding hydrogens is 398 g/mol. The minimum atomic E-state index is -0.293. The van der Waals surface area contributed by atoms with Gasteiger partial charge in [-0.3, -0.25) is 0 Å². The Labute approximate surface area is 172 Å². The lowest BCUT2D eigenvalue weighted by Crippen LogP contribution is -2.20. The number of hydrogen-bond donors (Lipinski definition) is 2. The Bertz CT molecular complexity index is 887. The number of thiocarbonyl (C=S) groups is 1. The van der Waals surface area contributed by atoms with Gasteiger partial charge in [-0.2, -0.15) is 0 Å². The molecule has 2 aliphatic rings. The number of carbonyl (C=O) groups excluding carboxylic acids is 1. The maximum Gasteiger partial charge on any atom is 0.341 e. The molecule has 2 N–H and O–H groups in total. The molecule has 1 atom stereocenters. The average molecular weight is 422 g/mol. The number of carbonyl (C=O) groups is 1. The van der Waals surface area contributed by atoms with Gasteiger partial charge in [-0.1, -0.05) is 6.92 Å². The molecule has 0 saturated carbocycles. The summed E-state index contributed by atoms with van der Waals surface area (Å²) < 4.78 is 5.02. The van der Waals surface area contributed by atoms with Gasteiger partial charge in [0.1, 0.15) is 5.00 Å². The van der Waals surface area contributed by atoms with Crippen molar-refractivity contribution in [1.82, 2.24) is 4.98 Å². The standard InChI is InChI=1S/C19H23N3O2S3/c1-10-7-8-12-14(9-10)27-19(20-12)22-18(25)21-16-15(17(23)24-2)11-5-3-4-6-13(11)26-16/h10H,3-9H2,1-2H3,(H2,20,21,22,25). The summed E-state index contributed by atoms with van der Waals surface area (Å²) in [4.78, 5) is 19.7. The van der Waals surface area contributed by atoms with Crippen molar-refractivity contribution < 1.29 is 9.53 Å². The molecule has 27 heavy (non-hydrogen) atoms. The summed E-state index contributed by atoms with van der Waals surface area (Å²) in [5.41, 5.74) is 2.97. The first-order chi connectivity index (χ1) is 13.0. The fourth-order valence-electron chi connectivity index (χ4n) is 3.80. The van der Waals surface area contributed by atoms with Gasteiger partial charge in [0.2, 0.25) is 0 Å². The normalized spacial score (nSPS) is 18.4. The number of nitrogens with zero attached hydrogens (tertiary/aromatic N) is 1. The molecule has 0 amide bonds. The fraction of sp³-hybridized carbons (Fsp3) is 0.526. The van der Waals surface area contributed by atoms with E-state index >= 15 is 0 Å². The van der Waals surface area contributed by atoms with E-state index in [0.29, 0.717) is 10.7 Å². The SMILES string of the molecule is COC(=O)c1c(NC(=S)Nc2nc3c(s2)CC(C)CC3)sc2c1CCCC2. The van der Waals surface area contributed by atoms with E-state index in [1.165, 1.54) is 35.4 Å². The van der Waals surface area contributed by atoms with E-state index < -0.39 is 0 Å². The lowest BCUT2D eigenvalue weighted by Gasteiger charge is -2.15. The van der Waals surface area contributed by atoms with E-state index in [-0.39, 0.29) is 5.97 Å². The highest BCUT2D eigenvalue weighted by Crippen LogP contribution is 2.39. The van der Waals surface area contributed by atoms with E-state index in [1.54, 1.807) is 22.7 Å². The molecule has 1 unspecified atom stereocenters. The first kappa shape index (κ1) is 18.8. The Morgan fingerprint density at radius 3 is 2.81 bits per heavy atom. The number of fused-ring (bicyclic) bond motifs is 2. The van der Waals surface area contributed by atoms with Gasteiger partial charge in [0.05, 0.1) is 18.4 Å². The van der Waals surface area contributed by atoms with Crippen LogP contribution in [0.5, 0.6) is 0 Å². The zero-order valence-corrected chi connectivity index (χ0v) is 18.0. The van der Waals surface area contributed by atoms with Crippen LogP contribution in [0.3, 0.4) is 0 Å². The molecule has 2 aromatic rings. The summed E-state index contributed by atoms with van der Waals surface area (Å²) in [7, 11) is 1.43. The van der Waals surface area contributed by atoms with Gasteiger partial charge in [-0.15, -0.1) is 22.7 Å². The van der Waals surface area contributed by atoms with Crippen LogP contribution < -0.4 is 10.6 Å². The third kappa shape index (κ3) is 3.88. The number of nitrogens with one attached hydrogen (secondary N) is 2. The Kier molecular flexibility index (Phi) is 5.48. The molecule has 0 saturated heterocycles. The molecule has 2 aliphatic carbocycles. The van der Waals surface area contributed by atoms with E-state index in [2.05, 4.69) is 17.6 Å². The van der Waals surface area contributed by atoms with Crippen molar-refractivity contribution >= 4 is 56.1 Å². The predicted molar refractivity (Wildman–Crippen MR) is 115 cm³/mol. The summed E-state index contributed by atoms with van der Waals surface area (Å²) in [5.74, 6) is 0.425. The highest BCUT2D eigenvalue weighted by Gasteiger charge is 2.27. The van der Waals surface area contributed by atoms with Crippen LogP contribution in [0, 0.1) is 5.92 Å². The van der Waals surface area contributed by atoms with Crippen LogP contribution in [0.15, 0.2) is 0 Å². The van der Waals surface area contributed by atoms with E-state index in [1.807, 2.05) is 0 Å². The van der Waals surface area contributed by atoms with E-state index in [9.17, 15) is 4.79 Å². The number of thiazole rings is 1. The predicted octanol–water partition coefficient (Wildman–Crippen LogP) is 4.80. The average Bonchev–Trinajstić information content (AvgIpc) is 3.20. The summed E-state index contributed by atoms with van der Waals surface area (Å²) in [6, 6.07) is 0. The highest BCUT2D eigenvalue weighted by atomic mass is 32.1. The number of ether oxygens (including phenoxy) is 1. The van der Waals surface area contributed by atoms with Crippen molar-refractivity contribution in [3.8, 4) is 0 Å². The zero-order valence-electron chi connectivity index (χ0n) is 15.5. The summed E-state index contributed by atoms with van der Waals surface area (Å²) in [5, 5.41) is 8.51. The summed E-state index contributed by atoms with van der Waals surface area (Å²) >= 11 is 8.80. The number of rotatable bonds is 3. The Balaban J connectivity index is 1.51. The number of aromatic nitrogens is 1. The van der Waals surface area contributed by atoms with Crippen LogP contribution in [-0.4, -0.2) is 23.2 Å². The van der Waals surface area contributed by atoms with Crippen molar-refractivity contribution in [3.63, 3.8) is 0 Å². The molecule has 5 nitrogen and oxygen atoms in total. The van der Waals surface area contributed by atoms with Gasteiger partial charge in [0, 0.05) is 9.75 Å². The molecule has 0 bridgehead atoms. The van der Waals surface area contributed by atoms with Gasteiger partial charge in [-0.25, -0.2) is 9.78 Å². The van der Waals surface area contributed by atoms with Gasteiger partial charge in [0.15, 0.2) is 10.2 Å². The molecule has 2 heterocycles. The molecule has 0 radical (unpaired) electrons. The van der Waals surface area contributed by atoms with Gasteiger partial charge in [-0.05, 0) is 68.6 Å². The second-order valence-electron chi connectivity index (χ2n) is 7.22. The molecule has 2 aromatic heterocycles. The van der Waals surface area contributed by atoms with Crippen LogP contribution >= 0.6 is 34.9 Å². The van der Waals surface area contributed by atoms with Crippen molar-refractivity contribution in [1.29, 1.82) is 0 Å². The molecule has 0 spiro atoms. The Hall–Kier alpha value is -1.51. The lowest BCUT2D eigenvalue weighted by molar-refractivity contribution is 0.0601. The van der Waals surface area contributed by atoms with Gasteiger partial charge in [0.25, 0.3) is 0 Å². The van der Waals surface area contributed by atoms with E-state index in [4.69, 9.17) is 21.9 Å². The largest absolute Gasteiger partial charge is 0.465 e. The molecule has 0 fully saturated rings. The quantitative estimate of drug-likeness (QED) is 0.548. The third-order valence-electron chi connectivity index (χ3n) is 5.19. The fourth-order valence-corrected chi connectivity index (χ4v) is 6.58. The van der Waals surface area contributed by atoms with Crippen LogP contribution in [0.1, 0.15) is 57.6 Å². The lowest BCUT2D eigenvalue weighted by atomic mass is 9.93. The number of anilines is 2. The van der Waals surface area contributed by atoms with Gasteiger partial charge < -0.3 is 15.4 Å². The summed E-state index contributed by atoms with van der Waals surface area (Å²) in [6.45, 7) is 2.29. The number of methoxy groups -OCH3 is 1. The minimum Gasteiger partial charge on any atom is -0.465 e. The van der Waals surface area contributed by atoms with Crippen LogP contribution in [0.4, 0.5) is 10.1 Å². The number of aryl methyl sites for hydroxylation is 2.